The zero-order valence-corrected chi connectivity index (χ0v) is 32.8. The van der Waals surface area contributed by atoms with Gasteiger partial charge in [-0.3, -0.25) is 4.90 Å². The summed E-state index contributed by atoms with van der Waals surface area (Å²) >= 11 is 2.85. The molecule has 1 amide bonds. The fourth-order valence-corrected chi connectivity index (χ4v) is 7.26. The van der Waals surface area contributed by atoms with Crippen LogP contribution in [-0.2, 0) is 14.2 Å². The Morgan fingerprint density at radius 2 is 1.26 bits per heavy atom. The first-order valence-corrected chi connectivity index (χ1v) is 20.6. The summed E-state index contributed by atoms with van der Waals surface area (Å²) in [5.74, 6) is -2.52. The molecule has 2 saturated carbocycles. The summed E-state index contributed by atoms with van der Waals surface area (Å²) < 4.78 is 70.5. The summed E-state index contributed by atoms with van der Waals surface area (Å²) in [6.45, 7) is 10.9. The number of hydrogen-bond donors (Lipinski definition) is 1. The van der Waals surface area contributed by atoms with Crippen molar-refractivity contribution in [3.63, 3.8) is 0 Å². The first-order valence-electron chi connectivity index (χ1n) is 18.2. The molecule has 0 radical (unpaired) electrons. The van der Waals surface area contributed by atoms with Crippen LogP contribution in [0.1, 0.15) is 72.1 Å². The first kappa shape index (κ1) is 41.3. The first-order chi connectivity index (χ1) is 25.1. The third kappa shape index (κ3) is 12.3. The van der Waals surface area contributed by atoms with Gasteiger partial charge in [-0.2, -0.15) is 0 Å². The van der Waals surface area contributed by atoms with Gasteiger partial charge in [0.05, 0.1) is 26.4 Å². The quantitative estimate of drug-likeness (QED) is 0.163. The number of carbonyl (C=O) groups is 1. The molecular formula is C35H52F4N8O4S2. The van der Waals surface area contributed by atoms with Gasteiger partial charge in [-0.1, -0.05) is 23.5 Å². The fourth-order valence-electron chi connectivity index (χ4n) is 6.52. The van der Waals surface area contributed by atoms with Crippen LogP contribution in [0.5, 0.6) is 0 Å². The lowest BCUT2D eigenvalue weighted by Crippen LogP contribution is -2.47. The summed E-state index contributed by atoms with van der Waals surface area (Å²) in [6.07, 6.45) is 3.93. The SMILES string of the molecule is CSc1nc(N2CCOCC2)cc(N(C(=O)OC(C)(C)C)C2CCC(F)(F)CC2)n1.CSc1nc(NC2CCC(F)(F)CC2)cc(N2CCOCC2)n1. The molecule has 18 heteroatoms. The monoisotopic (exact) mass is 788 g/mol. The van der Waals surface area contributed by atoms with E-state index in [0.717, 1.165) is 24.7 Å². The smallest absolute Gasteiger partial charge is 0.416 e. The van der Waals surface area contributed by atoms with Crippen LogP contribution in [0.2, 0.25) is 0 Å². The largest absolute Gasteiger partial charge is 0.443 e. The van der Waals surface area contributed by atoms with Crippen molar-refractivity contribution in [1.29, 1.82) is 0 Å². The standard InChI is InChI=1S/C20H30F2N4O3S.C15H22F2N4OS/c1-19(2,3)29-18(27)26(14-5-7-20(21,22)8-6-14)16-13-15(23-17(24-16)30-4)25-9-11-28-12-10-25;1-23-14-19-12(18-11-2-4-15(16,17)5-3-11)10-13(20-14)21-6-8-22-9-7-21/h13-14H,5-12H2,1-4H3;10-11H,2-9H2,1H3,(H,18,19,20). The molecule has 2 aromatic heterocycles. The van der Waals surface area contributed by atoms with E-state index in [2.05, 4.69) is 35.1 Å². The van der Waals surface area contributed by atoms with Crippen molar-refractivity contribution >= 4 is 52.9 Å². The normalized spacial score (nSPS) is 21.0. The number of hydrogen-bond acceptors (Lipinski definition) is 13. The molecule has 0 bridgehead atoms. The number of halogens is 4. The molecule has 2 aromatic rings. The van der Waals surface area contributed by atoms with Crippen LogP contribution in [0, 0.1) is 0 Å². The van der Waals surface area contributed by atoms with Crippen molar-refractivity contribution in [2.24, 2.45) is 0 Å². The van der Waals surface area contributed by atoms with E-state index in [1.165, 1.54) is 28.4 Å². The lowest BCUT2D eigenvalue weighted by molar-refractivity contribution is -0.0389. The maximum Gasteiger partial charge on any atom is 0.416 e. The number of alkyl halides is 4. The fraction of sp³-hybridized carbons (Fsp3) is 0.743. The van der Waals surface area contributed by atoms with Crippen molar-refractivity contribution in [1.82, 2.24) is 19.9 Å². The minimum atomic E-state index is -2.69. The highest BCUT2D eigenvalue weighted by Crippen LogP contribution is 2.38. The van der Waals surface area contributed by atoms with Crippen LogP contribution in [0.15, 0.2) is 22.4 Å². The molecule has 0 spiro atoms. The highest BCUT2D eigenvalue weighted by Gasteiger charge is 2.41. The number of nitrogens with one attached hydrogen (secondary N) is 1. The van der Waals surface area contributed by atoms with E-state index >= 15 is 0 Å². The number of morpholine rings is 2. The predicted molar refractivity (Wildman–Crippen MR) is 200 cm³/mol. The Morgan fingerprint density at radius 1 is 0.792 bits per heavy atom. The molecule has 1 N–H and O–H groups in total. The molecule has 0 aromatic carbocycles. The van der Waals surface area contributed by atoms with Crippen LogP contribution in [0.3, 0.4) is 0 Å². The third-order valence-electron chi connectivity index (χ3n) is 9.36. The highest BCUT2D eigenvalue weighted by atomic mass is 32.2. The summed E-state index contributed by atoms with van der Waals surface area (Å²) in [4.78, 5) is 37.0. The molecule has 4 heterocycles. The van der Waals surface area contributed by atoms with Crippen molar-refractivity contribution in [2.45, 2.75) is 112 Å². The Balaban J connectivity index is 0.000000211. The highest BCUT2D eigenvalue weighted by molar-refractivity contribution is 7.98. The van der Waals surface area contributed by atoms with E-state index in [4.69, 9.17) is 14.2 Å². The van der Waals surface area contributed by atoms with Crippen LogP contribution in [-0.4, -0.2) is 121 Å². The second-order valence-corrected chi connectivity index (χ2v) is 16.1. The molecule has 4 aliphatic rings. The maximum absolute atomic E-state index is 13.8. The Labute approximate surface area is 317 Å². The van der Waals surface area contributed by atoms with E-state index in [-0.39, 0.29) is 44.6 Å². The van der Waals surface area contributed by atoms with Gasteiger partial charge in [-0.25, -0.2) is 42.3 Å². The van der Waals surface area contributed by atoms with Crippen molar-refractivity contribution in [2.75, 3.05) is 85.1 Å². The summed E-state index contributed by atoms with van der Waals surface area (Å²) in [5.41, 5.74) is -0.712. The van der Waals surface area contributed by atoms with Gasteiger partial charge < -0.3 is 29.3 Å². The van der Waals surface area contributed by atoms with Gasteiger partial charge >= 0.3 is 6.09 Å². The Morgan fingerprint density at radius 3 is 1.75 bits per heavy atom. The summed E-state index contributed by atoms with van der Waals surface area (Å²) in [7, 11) is 0. The summed E-state index contributed by atoms with van der Waals surface area (Å²) in [5, 5.41) is 4.53. The van der Waals surface area contributed by atoms with Crippen LogP contribution < -0.4 is 20.0 Å². The van der Waals surface area contributed by atoms with E-state index < -0.39 is 29.6 Å². The number of aromatic nitrogens is 4. The second-order valence-electron chi connectivity index (χ2n) is 14.6. The number of rotatable bonds is 8. The molecular weight excluding hydrogens is 737 g/mol. The van der Waals surface area contributed by atoms with Gasteiger partial charge in [-0.05, 0) is 59.0 Å². The van der Waals surface area contributed by atoms with Crippen LogP contribution >= 0.6 is 23.5 Å². The molecule has 2 aliphatic heterocycles. The lowest BCUT2D eigenvalue weighted by Gasteiger charge is -2.37. The molecule has 6 rings (SSSR count). The molecule has 0 unspecified atom stereocenters. The zero-order valence-electron chi connectivity index (χ0n) is 31.2. The van der Waals surface area contributed by atoms with Crippen molar-refractivity contribution < 1.29 is 36.6 Å². The topological polar surface area (TPSA) is 118 Å². The number of thioether (sulfide) groups is 2. The van der Waals surface area contributed by atoms with E-state index in [9.17, 15) is 22.4 Å². The zero-order chi connectivity index (χ0) is 38.2. The molecule has 53 heavy (non-hydrogen) atoms. The van der Waals surface area contributed by atoms with Crippen LogP contribution in [0.25, 0.3) is 0 Å². The second kappa shape index (κ2) is 18.2. The van der Waals surface area contributed by atoms with Gasteiger partial charge in [0.25, 0.3) is 0 Å². The molecule has 12 nitrogen and oxygen atoms in total. The third-order valence-corrected chi connectivity index (χ3v) is 10.5. The average molecular weight is 789 g/mol. The van der Waals surface area contributed by atoms with Crippen LogP contribution in [0.4, 0.5) is 45.6 Å². The maximum atomic E-state index is 13.8. The number of anilines is 4. The minimum absolute atomic E-state index is 0.0526. The van der Waals surface area contributed by atoms with Gasteiger partial charge in [0.1, 0.15) is 28.9 Å². The van der Waals surface area contributed by atoms with Gasteiger partial charge in [-0.15, -0.1) is 0 Å². The van der Waals surface area contributed by atoms with Gasteiger partial charge in [0.2, 0.25) is 11.8 Å². The minimum Gasteiger partial charge on any atom is -0.443 e. The van der Waals surface area contributed by atoms with Crippen molar-refractivity contribution in [3.8, 4) is 0 Å². The Kier molecular flexibility index (Phi) is 14.2. The predicted octanol–water partition coefficient (Wildman–Crippen LogP) is 7.38. The Bertz CT molecular complexity index is 1490. The lowest BCUT2D eigenvalue weighted by atomic mass is 9.91. The molecule has 2 aliphatic carbocycles. The molecule has 0 atom stereocenters. The molecule has 4 fully saturated rings. The van der Waals surface area contributed by atoms with Gasteiger partial charge in [0.15, 0.2) is 10.3 Å². The summed E-state index contributed by atoms with van der Waals surface area (Å²) in [6, 6.07) is 3.32. The molecule has 2 saturated heterocycles. The molecule has 296 valence electrons. The number of ether oxygens (including phenoxy) is 3. The van der Waals surface area contributed by atoms with E-state index in [1.54, 1.807) is 26.8 Å². The van der Waals surface area contributed by atoms with E-state index in [1.807, 2.05) is 18.6 Å². The number of amides is 1. The number of nitrogens with zero attached hydrogens (tertiary/aromatic N) is 7. The average Bonchev–Trinajstić information content (AvgIpc) is 3.13. The Hall–Kier alpha value is -2.83. The van der Waals surface area contributed by atoms with Crippen molar-refractivity contribution in [3.05, 3.63) is 12.1 Å². The van der Waals surface area contributed by atoms with Gasteiger partial charge in [0, 0.05) is 76.1 Å². The number of carbonyl (C=O) groups excluding carboxylic acids is 1. The van der Waals surface area contributed by atoms with E-state index in [0.29, 0.717) is 74.3 Å².